The maximum Gasteiger partial charge on any atom is 0.403 e. The van der Waals surface area contributed by atoms with Gasteiger partial charge in [-0.1, -0.05) is 12.1 Å². The quantitative estimate of drug-likeness (QED) is 0.833. The van der Waals surface area contributed by atoms with E-state index in [0.29, 0.717) is 5.56 Å². The van der Waals surface area contributed by atoms with Crippen molar-refractivity contribution in [3.8, 4) is 0 Å². The second-order valence-electron chi connectivity index (χ2n) is 4.39. The lowest BCUT2D eigenvalue weighted by Crippen LogP contribution is -2.40. The van der Waals surface area contributed by atoms with Gasteiger partial charge in [-0.25, -0.2) is 4.39 Å². The summed E-state index contributed by atoms with van der Waals surface area (Å²) in [6, 6.07) is 5.22. The number of rotatable bonds is 3. The number of nitrogens with one attached hydrogen (secondary N) is 1. The fraction of sp³-hybridized carbons (Fsp3) is 0.417. The number of halogens is 4. The standard InChI is InChI=1S/C12H11F4NO/c13-9-3-1-8(2-4-9)7-17-10(18)11(5-6-11)12(14,15)16/h1-4H,5-7H2,(H,17,18). The zero-order valence-electron chi connectivity index (χ0n) is 9.35. The van der Waals surface area contributed by atoms with Crippen LogP contribution in [0, 0.1) is 11.2 Å². The van der Waals surface area contributed by atoms with Crippen LogP contribution in [0.5, 0.6) is 0 Å². The van der Waals surface area contributed by atoms with Crippen molar-refractivity contribution in [1.82, 2.24) is 5.32 Å². The summed E-state index contributed by atoms with van der Waals surface area (Å²) >= 11 is 0. The van der Waals surface area contributed by atoms with Crippen molar-refractivity contribution in [1.29, 1.82) is 0 Å². The van der Waals surface area contributed by atoms with Crippen molar-refractivity contribution in [3.05, 3.63) is 35.6 Å². The third-order valence-electron chi connectivity index (χ3n) is 3.09. The first-order chi connectivity index (χ1) is 8.35. The monoisotopic (exact) mass is 261 g/mol. The molecule has 1 aromatic carbocycles. The smallest absolute Gasteiger partial charge is 0.351 e. The van der Waals surface area contributed by atoms with E-state index < -0.39 is 23.3 Å². The fourth-order valence-electron chi connectivity index (χ4n) is 1.72. The van der Waals surface area contributed by atoms with Crippen LogP contribution in [0.25, 0.3) is 0 Å². The molecule has 2 nitrogen and oxygen atoms in total. The maximum absolute atomic E-state index is 12.6. The number of amides is 1. The minimum atomic E-state index is -4.50. The van der Waals surface area contributed by atoms with Crippen LogP contribution in [0.15, 0.2) is 24.3 Å². The summed E-state index contributed by atoms with van der Waals surface area (Å²) in [6.07, 6.45) is -4.82. The molecular formula is C12H11F4NO. The SMILES string of the molecule is O=C(NCc1ccc(F)cc1)C1(C(F)(F)F)CC1. The second-order valence-corrected chi connectivity index (χ2v) is 4.39. The van der Waals surface area contributed by atoms with Crippen LogP contribution in [0.3, 0.4) is 0 Å². The fourth-order valence-corrected chi connectivity index (χ4v) is 1.72. The van der Waals surface area contributed by atoms with Crippen LogP contribution < -0.4 is 5.32 Å². The van der Waals surface area contributed by atoms with E-state index in [1.165, 1.54) is 24.3 Å². The molecule has 2 rings (SSSR count). The van der Waals surface area contributed by atoms with Crippen molar-refractivity contribution in [2.75, 3.05) is 0 Å². The van der Waals surface area contributed by atoms with Crippen LogP contribution in [-0.4, -0.2) is 12.1 Å². The van der Waals surface area contributed by atoms with Gasteiger partial charge in [-0.2, -0.15) is 13.2 Å². The Morgan fingerprint density at radius 3 is 2.22 bits per heavy atom. The number of carbonyl (C=O) groups is 1. The maximum atomic E-state index is 12.6. The van der Waals surface area contributed by atoms with Gasteiger partial charge in [-0.3, -0.25) is 4.79 Å². The molecule has 1 saturated carbocycles. The van der Waals surface area contributed by atoms with E-state index in [1.807, 2.05) is 0 Å². The molecule has 1 aromatic rings. The Labute approximate surface area is 101 Å². The van der Waals surface area contributed by atoms with Gasteiger partial charge >= 0.3 is 6.18 Å². The number of benzene rings is 1. The molecule has 6 heteroatoms. The Morgan fingerprint density at radius 1 is 1.22 bits per heavy atom. The lowest BCUT2D eigenvalue weighted by molar-refractivity contribution is -0.192. The molecule has 1 N–H and O–H groups in total. The lowest BCUT2D eigenvalue weighted by Gasteiger charge is -2.18. The summed E-state index contributed by atoms with van der Waals surface area (Å²) in [5.41, 5.74) is -1.64. The largest absolute Gasteiger partial charge is 0.403 e. The average molecular weight is 261 g/mol. The molecule has 0 aliphatic heterocycles. The highest BCUT2D eigenvalue weighted by atomic mass is 19.4. The topological polar surface area (TPSA) is 29.1 Å². The Balaban J connectivity index is 1.95. The highest BCUT2D eigenvalue weighted by Crippen LogP contribution is 2.57. The van der Waals surface area contributed by atoms with Gasteiger partial charge in [0.15, 0.2) is 0 Å². The van der Waals surface area contributed by atoms with Crippen molar-refractivity contribution in [2.24, 2.45) is 5.41 Å². The van der Waals surface area contributed by atoms with Crippen LogP contribution in [0.1, 0.15) is 18.4 Å². The number of hydrogen-bond acceptors (Lipinski definition) is 1. The van der Waals surface area contributed by atoms with Crippen LogP contribution >= 0.6 is 0 Å². The summed E-state index contributed by atoms with van der Waals surface area (Å²) in [4.78, 5) is 11.5. The Bertz CT molecular complexity index is 448. The lowest BCUT2D eigenvalue weighted by atomic mass is 10.1. The van der Waals surface area contributed by atoms with E-state index >= 15 is 0 Å². The predicted octanol–water partition coefficient (Wildman–Crippen LogP) is 2.78. The third kappa shape index (κ3) is 2.32. The molecule has 1 fully saturated rings. The second kappa shape index (κ2) is 4.26. The van der Waals surface area contributed by atoms with Gasteiger partial charge < -0.3 is 5.32 Å². The van der Waals surface area contributed by atoms with Gasteiger partial charge in [0, 0.05) is 6.54 Å². The summed E-state index contributed by atoms with van der Waals surface area (Å²) < 4.78 is 50.4. The van der Waals surface area contributed by atoms with Crippen molar-refractivity contribution >= 4 is 5.91 Å². The average Bonchev–Trinajstić information content (AvgIpc) is 3.08. The van der Waals surface area contributed by atoms with E-state index in [-0.39, 0.29) is 19.4 Å². The van der Waals surface area contributed by atoms with Gasteiger partial charge in [0.05, 0.1) is 0 Å². The van der Waals surface area contributed by atoms with Crippen LogP contribution in [0.2, 0.25) is 0 Å². The van der Waals surface area contributed by atoms with Crippen LogP contribution in [-0.2, 0) is 11.3 Å². The molecular weight excluding hydrogens is 250 g/mol. The summed E-state index contributed by atoms with van der Waals surface area (Å²) in [5.74, 6) is -1.43. The van der Waals surface area contributed by atoms with E-state index in [2.05, 4.69) is 5.32 Å². The van der Waals surface area contributed by atoms with Gasteiger partial charge in [0.2, 0.25) is 5.91 Å². The van der Waals surface area contributed by atoms with Gasteiger partial charge in [-0.15, -0.1) is 0 Å². The molecule has 0 radical (unpaired) electrons. The molecule has 0 unspecified atom stereocenters. The van der Waals surface area contributed by atoms with Crippen molar-refractivity contribution in [2.45, 2.75) is 25.6 Å². The highest BCUT2D eigenvalue weighted by Gasteiger charge is 2.68. The van der Waals surface area contributed by atoms with Gasteiger partial charge in [0.25, 0.3) is 0 Å². The number of hydrogen-bond donors (Lipinski definition) is 1. The molecule has 0 heterocycles. The summed E-state index contributed by atoms with van der Waals surface area (Å²) in [6.45, 7) is -0.0308. The molecule has 0 atom stereocenters. The van der Waals surface area contributed by atoms with E-state index in [9.17, 15) is 22.4 Å². The first kappa shape index (κ1) is 12.9. The third-order valence-corrected chi connectivity index (χ3v) is 3.09. The molecule has 0 bridgehead atoms. The first-order valence-electron chi connectivity index (χ1n) is 5.45. The zero-order valence-corrected chi connectivity index (χ0v) is 9.35. The predicted molar refractivity (Wildman–Crippen MR) is 56.0 cm³/mol. The summed E-state index contributed by atoms with van der Waals surface area (Å²) in [5, 5.41) is 2.25. The summed E-state index contributed by atoms with van der Waals surface area (Å²) in [7, 11) is 0. The van der Waals surface area contributed by atoms with E-state index in [4.69, 9.17) is 0 Å². The van der Waals surface area contributed by atoms with Crippen molar-refractivity contribution in [3.63, 3.8) is 0 Å². The van der Waals surface area contributed by atoms with E-state index in [0.717, 1.165) is 0 Å². The minimum absolute atomic E-state index is 0.0308. The molecule has 18 heavy (non-hydrogen) atoms. The molecule has 1 aliphatic carbocycles. The Morgan fingerprint density at radius 2 is 1.78 bits per heavy atom. The van der Waals surface area contributed by atoms with Crippen molar-refractivity contribution < 1.29 is 22.4 Å². The highest BCUT2D eigenvalue weighted by molar-refractivity contribution is 5.86. The molecule has 1 amide bonds. The number of alkyl halides is 3. The first-order valence-corrected chi connectivity index (χ1v) is 5.45. The van der Waals surface area contributed by atoms with Gasteiger partial charge in [0.1, 0.15) is 11.2 Å². The molecule has 1 aliphatic rings. The zero-order chi connectivity index (χ0) is 13.4. The van der Waals surface area contributed by atoms with Gasteiger partial charge in [-0.05, 0) is 30.5 Å². The van der Waals surface area contributed by atoms with E-state index in [1.54, 1.807) is 0 Å². The molecule has 98 valence electrons. The minimum Gasteiger partial charge on any atom is -0.351 e. The Kier molecular flexibility index (Phi) is 3.04. The molecule has 0 spiro atoms. The molecule has 0 aromatic heterocycles. The van der Waals surface area contributed by atoms with Crippen LogP contribution in [0.4, 0.5) is 17.6 Å². The molecule has 0 saturated heterocycles. The normalized spacial score (nSPS) is 17.3. The number of carbonyl (C=O) groups excluding carboxylic acids is 1. The Hall–Kier alpha value is -1.59.